The Morgan fingerprint density at radius 3 is 2.20 bits per heavy atom. The molecule has 114 valence electrons. The van der Waals surface area contributed by atoms with Crippen molar-refractivity contribution in [3.63, 3.8) is 0 Å². The fraction of sp³-hybridized carbons (Fsp3) is 0.812. The molecule has 0 bridgehead atoms. The second kappa shape index (κ2) is 5.58. The second-order valence-corrected chi connectivity index (χ2v) is 6.82. The largest absolute Gasteiger partial charge is 0.348 e. The van der Waals surface area contributed by atoms with Crippen LogP contribution >= 0.6 is 0 Å². The van der Waals surface area contributed by atoms with Crippen LogP contribution in [0.5, 0.6) is 0 Å². The first-order chi connectivity index (χ1) is 9.34. The van der Waals surface area contributed by atoms with Crippen LogP contribution in [-0.4, -0.2) is 49.8 Å². The van der Waals surface area contributed by atoms with E-state index in [0.717, 1.165) is 18.7 Å². The summed E-state index contributed by atoms with van der Waals surface area (Å²) in [5, 5.41) is 0. The zero-order valence-electron chi connectivity index (χ0n) is 13.4. The average Bonchev–Trinajstić information content (AvgIpc) is 2.91. The van der Waals surface area contributed by atoms with Crippen LogP contribution in [0.25, 0.3) is 0 Å². The number of likely N-dealkylation sites (tertiary alicyclic amines) is 1. The number of ketones is 1. The van der Waals surface area contributed by atoms with E-state index in [1.54, 1.807) is 14.2 Å². The highest BCUT2D eigenvalue weighted by Crippen LogP contribution is 2.39. The van der Waals surface area contributed by atoms with Gasteiger partial charge < -0.3 is 9.47 Å². The first-order valence-electron chi connectivity index (χ1n) is 7.45. The highest BCUT2D eigenvalue weighted by atomic mass is 16.7. The number of ether oxygens (including phenoxy) is 2. The van der Waals surface area contributed by atoms with Gasteiger partial charge >= 0.3 is 0 Å². The van der Waals surface area contributed by atoms with Crippen molar-refractivity contribution in [1.82, 2.24) is 4.90 Å². The Labute approximate surface area is 122 Å². The molecule has 1 fully saturated rings. The molecular formula is C16H27NO3. The van der Waals surface area contributed by atoms with Gasteiger partial charge in [-0.05, 0) is 37.4 Å². The van der Waals surface area contributed by atoms with Gasteiger partial charge in [-0.1, -0.05) is 20.8 Å². The number of hydrogen-bond acceptors (Lipinski definition) is 4. The van der Waals surface area contributed by atoms with Crippen LogP contribution in [0, 0.1) is 5.41 Å². The van der Waals surface area contributed by atoms with Gasteiger partial charge in [-0.2, -0.15) is 0 Å². The van der Waals surface area contributed by atoms with Crippen LogP contribution < -0.4 is 0 Å². The molecule has 0 radical (unpaired) electrons. The predicted octanol–water partition coefficient (Wildman–Crippen LogP) is 2.39. The maximum absolute atomic E-state index is 12.5. The number of methoxy groups -OCH3 is 2. The van der Waals surface area contributed by atoms with Gasteiger partial charge in [-0.3, -0.25) is 9.69 Å². The first kappa shape index (κ1) is 15.7. The summed E-state index contributed by atoms with van der Waals surface area (Å²) in [6.07, 6.45) is 4.76. The van der Waals surface area contributed by atoms with Gasteiger partial charge in [-0.15, -0.1) is 0 Å². The lowest BCUT2D eigenvalue weighted by atomic mass is 9.76. The third-order valence-electron chi connectivity index (χ3n) is 4.52. The summed E-state index contributed by atoms with van der Waals surface area (Å²) in [6.45, 7) is 8.21. The quantitative estimate of drug-likeness (QED) is 0.745. The summed E-state index contributed by atoms with van der Waals surface area (Å²) >= 11 is 0. The number of Topliss-reactive ketones (excluding diaryl/α,β-unsaturated/α-hetero) is 1. The molecule has 1 heterocycles. The third-order valence-corrected chi connectivity index (χ3v) is 4.52. The van der Waals surface area contributed by atoms with E-state index in [0.29, 0.717) is 6.42 Å². The summed E-state index contributed by atoms with van der Waals surface area (Å²) in [4.78, 5) is 14.9. The fourth-order valence-corrected chi connectivity index (χ4v) is 3.35. The van der Waals surface area contributed by atoms with E-state index in [9.17, 15) is 4.79 Å². The molecule has 0 aromatic rings. The van der Waals surface area contributed by atoms with Crippen LogP contribution in [0.3, 0.4) is 0 Å². The van der Waals surface area contributed by atoms with Crippen molar-refractivity contribution >= 4 is 5.78 Å². The van der Waals surface area contributed by atoms with Crippen LogP contribution in [0.1, 0.15) is 40.0 Å². The van der Waals surface area contributed by atoms with Crippen molar-refractivity contribution in [3.8, 4) is 0 Å². The molecule has 20 heavy (non-hydrogen) atoms. The predicted molar refractivity (Wildman–Crippen MR) is 78.5 cm³/mol. The topological polar surface area (TPSA) is 38.8 Å². The molecule has 4 nitrogen and oxygen atoms in total. The molecule has 0 spiro atoms. The highest BCUT2D eigenvalue weighted by molar-refractivity contribution is 5.98. The number of nitrogens with zero attached hydrogens (tertiary/aromatic N) is 1. The van der Waals surface area contributed by atoms with Gasteiger partial charge in [0.05, 0.1) is 6.04 Å². The molecule has 1 aliphatic carbocycles. The molecule has 4 heteroatoms. The van der Waals surface area contributed by atoms with Crippen molar-refractivity contribution in [2.75, 3.05) is 27.3 Å². The molecule has 0 saturated carbocycles. The van der Waals surface area contributed by atoms with E-state index in [4.69, 9.17) is 9.47 Å². The van der Waals surface area contributed by atoms with Gasteiger partial charge in [0, 0.05) is 26.2 Å². The second-order valence-electron chi connectivity index (χ2n) is 6.82. The van der Waals surface area contributed by atoms with Crippen molar-refractivity contribution in [1.29, 1.82) is 0 Å². The van der Waals surface area contributed by atoms with Gasteiger partial charge in [0.15, 0.2) is 5.78 Å². The van der Waals surface area contributed by atoms with Crippen LogP contribution in [-0.2, 0) is 14.3 Å². The van der Waals surface area contributed by atoms with E-state index in [1.165, 1.54) is 12.8 Å². The zero-order valence-corrected chi connectivity index (χ0v) is 13.4. The Bertz CT molecular complexity index is 398. The molecular weight excluding hydrogens is 254 g/mol. The van der Waals surface area contributed by atoms with Gasteiger partial charge in [0.25, 0.3) is 0 Å². The molecule has 0 amide bonds. The lowest BCUT2D eigenvalue weighted by molar-refractivity contribution is -0.213. The van der Waals surface area contributed by atoms with Gasteiger partial charge in [0.2, 0.25) is 5.79 Å². The minimum absolute atomic E-state index is 0.0152. The Balaban J connectivity index is 2.41. The minimum atomic E-state index is -0.805. The number of carbonyl (C=O) groups is 1. The summed E-state index contributed by atoms with van der Waals surface area (Å²) in [7, 11) is 3.33. The number of allylic oxidation sites excluding steroid dienone is 1. The average molecular weight is 281 g/mol. The molecule has 0 aromatic heterocycles. The molecule has 0 aromatic carbocycles. The Kier molecular flexibility index (Phi) is 4.38. The molecule has 2 aliphatic rings. The standard InChI is InChI=1S/C16H27NO3/c1-15(2,3)12-11-16(19-4,20-5)14(10-13(12)18)17-8-6-7-9-17/h11,14H,6-10H2,1-5H3. The zero-order chi connectivity index (χ0) is 15.0. The molecule has 1 unspecified atom stereocenters. The normalized spacial score (nSPS) is 27.8. The van der Waals surface area contributed by atoms with Crippen molar-refractivity contribution in [2.45, 2.75) is 51.9 Å². The Morgan fingerprint density at radius 2 is 1.75 bits per heavy atom. The van der Waals surface area contributed by atoms with Crippen LogP contribution in [0.4, 0.5) is 0 Å². The molecule has 1 saturated heterocycles. The fourth-order valence-electron chi connectivity index (χ4n) is 3.35. The molecule has 2 rings (SSSR count). The van der Waals surface area contributed by atoms with Crippen LogP contribution in [0.2, 0.25) is 0 Å². The first-order valence-corrected chi connectivity index (χ1v) is 7.45. The van der Waals surface area contributed by atoms with Gasteiger partial charge in [-0.25, -0.2) is 0 Å². The monoisotopic (exact) mass is 281 g/mol. The van der Waals surface area contributed by atoms with E-state index in [2.05, 4.69) is 25.7 Å². The number of rotatable bonds is 3. The Morgan fingerprint density at radius 1 is 1.20 bits per heavy atom. The van der Waals surface area contributed by atoms with E-state index < -0.39 is 5.79 Å². The lowest BCUT2D eigenvalue weighted by Crippen LogP contribution is -2.57. The molecule has 1 aliphatic heterocycles. The summed E-state index contributed by atoms with van der Waals surface area (Å²) in [6, 6.07) is -0.0152. The minimum Gasteiger partial charge on any atom is -0.348 e. The molecule has 0 N–H and O–H groups in total. The summed E-state index contributed by atoms with van der Waals surface area (Å²) in [5.41, 5.74) is 0.631. The van der Waals surface area contributed by atoms with E-state index >= 15 is 0 Å². The van der Waals surface area contributed by atoms with Crippen molar-refractivity contribution in [3.05, 3.63) is 11.6 Å². The van der Waals surface area contributed by atoms with Crippen molar-refractivity contribution in [2.24, 2.45) is 5.41 Å². The van der Waals surface area contributed by atoms with E-state index in [-0.39, 0.29) is 17.2 Å². The third kappa shape index (κ3) is 2.69. The van der Waals surface area contributed by atoms with Crippen molar-refractivity contribution < 1.29 is 14.3 Å². The maximum atomic E-state index is 12.5. The highest BCUT2D eigenvalue weighted by Gasteiger charge is 2.48. The van der Waals surface area contributed by atoms with Crippen LogP contribution in [0.15, 0.2) is 11.6 Å². The molecule has 1 atom stereocenters. The SMILES string of the molecule is COC1(OC)C=C(C(C)(C)C)C(=O)CC1N1CCCC1. The summed E-state index contributed by atoms with van der Waals surface area (Å²) in [5.74, 6) is -0.583. The Hall–Kier alpha value is -0.710. The van der Waals surface area contributed by atoms with E-state index in [1.807, 2.05) is 6.08 Å². The van der Waals surface area contributed by atoms with Gasteiger partial charge in [0.1, 0.15) is 0 Å². The lowest BCUT2D eigenvalue weighted by Gasteiger charge is -2.45. The number of hydrogen-bond donors (Lipinski definition) is 0. The summed E-state index contributed by atoms with van der Waals surface area (Å²) < 4.78 is 11.5. The maximum Gasteiger partial charge on any atom is 0.204 e. The smallest absolute Gasteiger partial charge is 0.204 e. The number of carbonyl (C=O) groups excluding carboxylic acids is 1.